The highest BCUT2D eigenvalue weighted by Gasteiger charge is 2.30. The number of nitrogens with zero attached hydrogens (tertiary/aromatic N) is 1. The molecule has 180 valence electrons. The molecule has 2 saturated carbocycles. The fraction of sp³-hybridized carbons (Fsp3) is 0.621. The minimum absolute atomic E-state index is 0.733. The van der Waals surface area contributed by atoms with Crippen molar-refractivity contribution in [2.75, 3.05) is 0 Å². The number of aryl methyl sites for hydroxylation is 1. The molecule has 0 aliphatic heterocycles. The van der Waals surface area contributed by atoms with Gasteiger partial charge in [-0.3, -0.25) is 0 Å². The summed E-state index contributed by atoms with van der Waals surface area (Å²) in [4.78, 5) is 0. The molecule has 0 saturated heterocycles. The Labute approximate surface area is 197 Å². The Kier molecular flexibility index (Phi) is 10.6. The molecule has 1 nitrogen and oxygen atoms in total. The van der Waals surface area contributed by atoms with Gasteiger partial charge >= 0.3 is 0 Å². The topological polar surface area (TPSA) is 23.8 Å². The van der Waals surface area contributed by atoms with Gasteiger partial charge in [0.2, 0.25) is 0 Å². The molecule has 0 amide bonds. The zero-order valence-electron chi connectivity index (χ0n) is 19.8. The molecule has 0 radical (unpaired) electrons. The molecule has 1 aromatic rings. The summed E-state index contributed by atoms with van der Waals surface area (Å²) >= 11 is 0. The molecule has 0 heterocycles. The smallest absolute Gasteiger partial charge is 0.199 e. The van der Waals surface area contributed by atoms with Crippen LogP contribution in [-0.2, 0) is 6.42 Å². The van der Waals surface area contributed by atoms with Gasteiger partial charge < -0.3 is 0 Å². The lowest BCUT2D eigenvalue weighted by Crippen LogP contribution is -2.25. The summed E-state index contributed by atoms with van der Waals surface area (Å²) in [6.07, 6.45) is 22.2. The van der Waals surface area contributed by atoms with Crippen LogP contribution in [0.4, 0.5) is 13.2 Å². The van der Waals surface area contributed by atoms with Crippen molar-refractivity contribution in [3.8, 4) is 6.07 Å². The first-order chi connectivity index (χ1) is 16.0. The Bertz CT molecular complexity index is 822. The molecule has 0 N–H and O–H groups in total. The van der Waals surface area contributed by atoms with Gasteiger partial charge in [0.1, 0.15) is 6.07 Å². The summed E-state index contributed by atoms with van der Waals surface area (Å²) in [5.41, 5.74) is 0.897. The maximum absolute atomic E-state index is 13.3. The van der Waals surface area contributed by atoms with E-state index in [9.17, 15) is 13.2 Å². The molecule has 2 aliphatic rings. The van der Waals surface area contributed by atoms with Crippen molar-refractivity contribution >= 4 is 0 Å². The van der Waals surface area contributed by atoms with E-state index in [1.165, 1.54) is 94.9 Å². The Morgan fingerprint density at radius 3 is 2.12 bits per heavy atom. The maximum Gasteiger partial charge on any atom is 0.199 e. The average molecular weight is 458 g/mol. The van der Waals surface area contributed by atoms with Crippen LogP contribution < -0.4 is 0 Å². The Morgan fingerprint density at radius 1 is 0.879 bits per heavy atom. The van der Waals surface area contributed by atoms with Crippen molar-refractivity contribution in [3.05, 3.63) is 59.5 Å². The maximum atomic E-state index is 13.3. The number of nitriles is 1. The van der Waals surface area contributed by atoms with Crippen LogP contribution in [0.2, 0.25) is 0 Å². The van der Waals surface area contributed by atoms with Gasteiger partial charge in [-0.2, -0.15) is 9.65 Å². The molecular weight excluding hydrogens is 419 g/mol. The summed E-state index contributed by atoms with van der Waals surface area (Å²) in [6.45, 7) is 0. The first-order valence-electron chi connectivity index (χ1n) is 12.9. The van der Waals surface area contributed by atoms with E-state index in [2.05, 4.69) is 0 Å². The van der Waals surface area contributed by atoms with Crippen molar-refractivity contribution in [1.29, 1.82) is 5.26 Å². The third-order valence-electron chi connectivity index (χ3n) is 7.99. The third-order valence-corrected chi connectivity index (χ3v) is 7.99. The predicted octanol–water partition coefficient (Wildman–Crippen LogP) is 9.00. The zero-order chi connectivity index (χ0) is 23.5. The van der Waals surface area contributed by atoms with Crippen LogP contribution >= 0.6 is 0 Å². The Morgan fingerprint density at radius 2 is 1.52 bits per heavy atom. The summed E-state index contributed by atoms with van der Waals surface area (Å²) in [7, 11) is 0. The number of hydrogen-bond donors (Lipinski definition) is 0. The van der Waals surface area contributed by atoms with Crippen LogP contribution in [0, 0.1) is 46.6 Å². The quantitative estimate of drug-likeness (QED) is 0.195. The number of halogens is 3. The van der Waals surface area contributed by atoms with Crippen molar-refractivity contribution in [1.82, 2.24) is 0 Å². The van der Waals surface area contributed by atoms with E-state index >= 15 is 0 Å². The molecule has 0 spiro atoms. The molecular formula is C29H38F3N. The number of benzene rings is 1. The number of unbranched alkanes of at least 4 members (excludes halogenated alkanes) is 1. The first-order valence-corrected chi connectivity index (χ1v) is 12.9. The summed E-state index contributed by atoms with van der Waals surface area (Å²) < 4.78 is 39.1. The van der Waals surface area contributed by atoms with Gasteiger partial charge in [0, 0.05) is 0 Å². The summed E-state index contributed by atoms with van der Waals surface area (Å²) in [6, 6.07) is 5.75. The molecule has 3 rings (SSSR count). The van der Waals surface area contributed by atoms with E-state index < -0.39 is 17.5 Å². The van der Waals surface area contributed by atoms with Gasteiger partial charge in [0.25, 0.3) is 0 Å². The van der Waals surface area contributed by atoms with Crippen molar-refractivity contribution in [3.63, 3.8) is 0 Å². The standard InChI is InChI=1S/C29H38F3N/c30-27(21-33)9-3-1-2-6-22-10-15-25(16-11-22)26-17-12-23(13-18-26)7-4-5-8-24-14-19-28(31)29(32)20-24/h1,3,9,14,19-20,22-23,25-26H,2,4-8,10-13,15-18H2/b3-1+,27-9-/t22?,23-,25?,26-. The predicted molar refractivity (Wildman–Crippen MR) is 128 cm³/mol. The van der Waals surface area contributed by atoms with Gasteiger partial charge in [-0.05, 0) is 98.8 Å². The molecule has 0 bridgehead atoms. The summed E-state index contributed by atoms with van der Waals surface area (Å²) in [5, 5.41) is 8.40. The normalized spacial score (nSPS) is 26.4. The highest BCUT2D eigenvalue weighted by Crippen LogP contribution is 2.43. The highest BCUT2D eigenvalue weighted by molar-refractivity contribution is 5.19. The van der Waals surface area contributed by atoms with Gasteiger partial charge in [-0.1, -0.05) is 56.7 Å². The van der Waals surface area contributed by atoms with E-state index in [1.807, 2.05) is 6.08 Å². The van der Waals surface area contributed by atoms with Gasteiger partial charge in [-0.15, -0.1) is 0 Å². The second kappa shape index (κ2) is 13.6. The fourth-order valence-electron chi connectivity index (χ4n) is 5.97. The van der Waals surface area contributed by atoms with E-state index in [1.54, 1.807) is 12.1 Å². The molecule has 0 atom stereocenters. The van der Waals surface area contributed by atoms with Crippen molar-refractivity contribution in [2.24, 2.45) is 23.7 Å². The van der Waals surface area contributed by atoms with Crippen LogP contribution in [0.25, 0.3) is 0 Å². The van der Waals surface area contributed by atoms with Crippen LogP contribution in [0.5, 0.6) is 0 Å². The molecule has 2 aliphatic carbocycles. The van der Waals surface area contributed by atoms with Crippen molar-refractivity contribution < 1.29 is 13.2 Å². The van der Waals surface area contributed by atoms with Crippen LogP contribution in [-0.4, -0.2) is 0 Å². The Hall–Kier alpha value is -2.02. The van der Waals surface area contributed by atoms with E-state index in [0.717, 1.165) is 48.5 Å². The molecule has 2 fully saturated rings. The summed E-state index contributed by atoms with van der Waals surface area (Å²) in [5.74, 6) is 1.21. The Balaban J connectivity index is 1.25. The molecule has 1 aromatic carbocycles. The van der Waals surface area contributed by atoms with Crippen LogP contribution in [0.15, 0.2) is 42.3 Å². The van der Waals surface area contributed by atoms with E-state index in [4.69, 9.17) is 5.26 Å². The average Bonchev–Trinajstić information content (AvgIpc) is 2.84. The van der Waals surface area contributed by atoms with Crippen LogP contribution in [0.3, 0.4) is 0 Å². The molecule has 0 unspecified atom stereocenters. The minimum atomic E-state index is -0.764. The third kappa shape index (κ3) is 8.69. The SMILES string of the molecule is N#C/C(F)=C/C=C/CCC1CCC([C@H]2CC[C@H](CCCCc3ccc(F)c(F)c3)CC2)CC1. The largest absolute Gasteiger partial charge is 0.204 e. The zero-order valence-corrected chi connectivity index (χ0v) is 19.8. The first kappa shape index (κ1) is 25.6. The second-order valence-electron chi connectivity index (χ2n) is 10.2. The van der Waals surface area contributed by atoms with Crippen molar-refractivity contribution in [2.45, 2.75) is 89.9 Å². The number of hydrogen-bond acceptors (Lipinski definition) is 1. The lowest BCUT2D eigenvalue weighted by atomic mass is 9.68. The highest BCUT2D eigenvalue weighted by atomic mass is 19.2. The number of allylic oxidation sites excluding steroid dienone is 4. The number of rotatable bonds is 10. The van der Waals surface area contributed by atoms with Gasteiger partial charge in [0.15, 0.2) is 17.5 Å². The lowest BCUT2D eigenvalue weighted by molar-refractivity contribution is 0.140. The molecule has 33 heavy (non-hydrogen) atoms. The van der Waals surface area contributed by atoms with Gasteiger partial charge in [0.05, 0.1) is 0 Å². The van der Waals surface area contributed by atoms with Gasteiger partial charge in [-0.25, -0.2) is 8.78 Å². The second-order valence-corrected chi connectivity index (χ2v) is 10.2. The minimum Gasteiger partial charge on any atom is -0.204 e. The van der Waals surface area contributed by atoms with Crippen LogP contribution in [0.1, 0.15) is 89.0 Å². The fourth-order valence-corrected chi connectivity index (χ4v) is 5.97. The lowest BCUT2D eigenvalue weighted by Gasteiger charge is -2.38. The van der Waals surface area contributed by atoms with E-state index in [0.29, 0.717) is 0 Å². The van der Waals surface area contributed by atoms with E-state index in [-0.39, 0.29) is 0 Å². The molecule has 4 heteroatoms. The molecule has 0 aromatic heterocycles. The monoisotopic (exact) mass is 457 g/mol.